The Balaban J connectivity index is 2.01. The average molecular weight is 382 g/mol. The van der Waals surface area contributed by atoms with Crippen LogP contribution in [0.15, 0.2) is 94.4 Å². The Morgan fingerprint density at radius 2 is 1.14 bits per heavy atom. The van der Waals surface area contributed by atoms with Crippen LogP contribution < -0.4 is 0 Å². The van der Waals surface area contributed by atoms with Crippen molar-refractivity contribution in [3.8, 4) is 0 Å². The highest BCUT2D eigenvalue weighted by molar-refractivity contribution is 6.53. The van der Waals surface area contributed by atoms with Crippen LogP contribution in [0.2, 0.25) is 0 Å². The van der Waals surface area contributed by atoms with Gasteiger partial charge in [-0.3, -0.25) is 9.59 Å². The molecule has 0 fully saturated rings. The normalized spacial score (nSPS) is 16.9. The molecule has 0 atom stereocenters. The van der Waals surface area contributed by atoms with Crippen LogP contribution in [0.4, 0.5) is 13.2 Å². The second-order valence-electron chi connectivity index (χ2n) is 5.77. The van der Waals surface area contributed by atoms with Crippen LogP contribution in [-0.4, -0.2) is 29.4 Å². The zero-order valence-electron chi connectivity index (χ0n) is 14.4. The van der Waals surface area contributed by atoms with Crippen LogP contribution >= 0.6 is 0 Å². The molecule has 7 heteroatoms. The SMILES string of the molecule is O=C(N=C1C=CC(C(F)(F)F)=CC1=NC(=O)c1ccccc1)c1ccccc1. The predicted molar refractivity (Wildman–Crippen MR) is 99.7 cm³/mol. The van der Waals surface area contributed by atoms with Crippen molar-refractivity contribution < 1.29 is 22.8 Å². The molecule has 140 valence electrons. The number of aliphatic imine (C=N–C) groups is 2. The summed E-state index contributed by atoms with van der Waals surface area (Å²) in [5.74, 6) is -1.38. The molecule has 0 aliphatic heterocycles. The maximum absolute atomic E-state index is 13.1. The topological polar surface area (TPSA) is 58.9 Å². The number of halogens is 3. The predicted octanol–water partition coefficient (Wildman–Crippen LogP) is 4.61. The van der Waals surface area contributed by atoms with Gasteiger partial charge in [0.25, 0.3) is 11.8 Å². The van der Waals surface area contributed by atoms with Gasteiger partial charge in [-0.15, -0.1) is 0 Å². The number of nitrogens with zero attached hydrogens (tertiary/aromatic N) is 2. The number of allylic oxidation sites excluding steroid dienone is 4. The van der Waals surface area contributed by atoms with Gasteiger partial charge in [-0.2, -0.15) is 13.2 Å². The van der Waals surface area contributed by atoms with Gasteiger partial charge in [-0.05, 0) is 42.5 Å². The summed E-state index contributed by atoms with van der Waals surface area (Å²) in [5, 5.41) is 0. The summed E-state index contributed by atoms with van der Waals surface area (Å²) in [6, 6.07) is 16.0. The molecule has 3 rings (SSSR count). The highest BCUT2D eigenvalue weighted by Gasteiger charge is 2.34. The standard InChI is InChI=1S/C21H13F3N2O2/c22-21(23,24)16-11-12-17(25-19(27)14-7-3-1-4-8-14)18(13-16)26-20(28)15-9-5-2-6-10-15/h1-13H. The van der Waals surface area contributed by atoms with Crippen molar-refractivity contribution in [3.63, 3.8) is 0 Å². The fraction of sp³-hybridized carbons (Fsp3) is 0.0476. The minimum absolute atomic E-state index is 0.119. The van der Waals surface area contributed by atoms with Gasteiger partial charge < -0.3 is 0 Å². The van der Waals surface area contributed by atoms with E-state index in [9.17, 15) is 22.8 Å². The van der Waals surface area contributed by atoms with E-state index in [0.717, 1.165) is 12.2 Å². The third kappa shape index (κ3) is 4.56. The second-order valence-corrected chi connectivity index (χ2v) is 5.77. The molecule has 0 aromatic heterocycles. The van der Waals surface area contributed by atoms with E-state index in [0.29, 0.717) is 6.08 Å². The lowest BCUT2D eigenvalue weighted by atomic mass is 10.0. The first-order valence-electron chi connectivity index (χ1n) is 8.18. The molecule has 0 unspecified atom stereocenters. The Morgan fingerprint density at radius 3 is 1.61 bits per heavy atom. The summed E-state index contributed by atoms with van der Waals surface area (Å²) in [7, 11) is 0. The summed E-state index contributed by atoms with van der Waals surface area (Å²) < 4.78 is 39.2. The quantitative estimate of drug-likeness (QED) is 0.713. The van der Waals surface area contributed by atoms with E-state index in [-0.39, 0.29) is 22.6 Å². The van der Waals surface area contributed by atoms with E-state index in [2.05, 4.69) is 9.98 Å². The molecule has 2 aromatic carbocycles. The molecule has 0 heterocycles. The third-order valence-electron chi connectivity index (χ3n) is 3.79. The lowest BCUT2D eigenvalue weighted by molar-refractivity contribution is -0.0881. The molecule has 0 saturated carbocycles. The smallest absolute Gasteiger partial charge is 0.267 e. The molecule has 2 amide bonds. The van der Waals surface area contributed by atoms with Gasteiger partial charge in [0.1, 0.15) is 0 Å². The second kappa shape index (κ2) is 7.96. The molecule has 1 aliphatic carbocycles. The van der Waals surface area contributed by atoms with Crippen molar-refractivity contribution in [2.75, 3.05) is 0 Å². The minimum atomic E-state index is -4.62. The Labute approximate surface area is 158 Å². The first-order chi connectivity index (χ1) is 13.3. The number of hydrogen-bond donors (Lipinski definition) is 0. The van der Waals surface area contributed by atoms with Crippen LogP contribution in [-0.2, 0) is 0 Å². The van der Waals surface area contributed by atoms with Crippen molar-refractivity contribution in [2.45, 2.75) is 6.18 Å². The fourth-order valence-electron chi connectivity index (χ4n) is 2.39. The van der Waals surface area contributed by atoms with Crippen LogP contribution in [0.1, 0.15) is 20.7 Å². The van der Waals surface area contributed by atoms with Gasteiger partial charge in [-0.25, -0.2) is 9.98 Å². The fourth-order valence-corrected chi connectivity index (χ4v) is 2.39. The zero-order valence-corrected chi connectivity index (χ0v) is 14.4. The van der Waals surface area contributed by atoms with Crippen LogP contribution in [0.3, 0.4) is 0 Å². The van der Waals surface area contributed by atoms with Crippen LogP contribution in [0, 0.1) is 0 Å². The summed E-state index contributed by atoms with van der Waals surface area (Å²) in [6.07, 6.45) is -2.09. The molecule has 0 radical (unpaired) electrons. The zero-order chi connectivity index (χ0) is 20.1. The van der Waals surface area contributed by atoms with Gasteiger partial charge in [0, 0.05) is 11.1 Å². The molecular formula is C21H13F3N2O2. The molecule has 0 spiro atoms. The minimum Gasteiger partial charge on any atom is -0.267 e. The van der Waals surface area contributed by atoms with Gasteiger partial charge in [0.05, 0.1) is 17.0 Å². The lowest BCUT2D eigenvalue weighted by Crippen LogP contribution is -2.22. The Kier molecular flexibility index (Phi) is 5.44. The summed E-state index contributed by atoms with van der Waals surface area (Å²) in [4.78, 5) is 32.2. The molecule has 2 aromatic rings. The number of carbonyl (C=O) groups is 2. The van der Waals surface area contributed by atoms with Crippen molar-refractivity contribution in [1.82, 2.24) is 0 Å². The lowest BCUT2D eigenvalue weighted by Gasteiger charge is -2.13. The van der Waals surface area contributed by atoms with Crippen molar-refractivity contribution in [3.05, 3.63) is 95.6 Å². The van der Waals surface area contributed by atoms with Gasteiger partial charge in [0.2, 0.25) is 0 Å². The van der Waals surface area contributed by atoms with E-state index in [1.54, 1.807) is 36.4 Å². The van der Waals surface area contributed by atoms with E-state index in [1.807, 2.05) is 0 Å². The first kappa shape index (κ1) is 19.2. The molecule has 0 N–H and O–H groups in total. The van der Waals surface area contributed by atoms with E-state index in [4.69, 9.17) is 0 Å². The molecule has 0 bridgehead atoms. The molecular weight excluding hydrogens is 369 g/mol. The number of benzene rings is 2. The monoisotopic (exact) mass is 382 g/mol. The van der Waals surface area contributed by atoms with Crippen molar-refractivity contribution in [1.29, 1.82) is 0 Å². The van der Waals surface area contributed by atoms with E-state index < -0.39 is 23.6 Å². The number of hydrogen-bond acceptors (Lipinski definition) is 2. The van der Waals surface area contributed by atoms with E-state index >= 15 is 0 Å². The van der Waals surface area contributed by atoms with Crippen LogP contribution in [0.25, 0.3) is 0 Å². The van der Waals surface area contributed by atoms with E-state index in [1.165, 1.54) is 24.3 Å². The largest absolute Gasteiger partial charge is 0.416 e. The van der Waals surface area contributed by atoms with Gasteiger partial charge in [0.15, 0.2) is 0 Å². The number of carbonyl (C=O) groups excluding carboxylic acids is 2. The highest BCUT2D eigenvalue weighted by Crippen LogP contribution is 2.28. The summed E-state index contributed by atoms with van der Waals surface area (Å²) >= 11 is 0. The summed E-state index contributed by atoms with van der Waals surface area (Å²) in [5.41, 5.74) is -0.958. The Hall–Kier alpha value is -3.61. The maximum Gasteiger partial charge on any atom is 0.416 e. The van der Waals surface area contributed by atoms with Crippen LogP contribution in [0.5, 0.6) is 0 Å². The molecule has 28 heavy (non-hydrogen) atoms. The number of amides is 2. The highest BCUT2D eigenvalue weighted by atomic mass is 19.4. The molecule has 0 saturated heterocycles. The molecule has 4 nitrogen and oxygen atoms in total. The third-order valence-corrected chi connectivity index (χ3v) is 3.79. The Morgan fingerprint density at radius 1 is 0.679 bits per heavy atom. The first-order valence-corrected chi connectivity index (χ1v) is 8.18. The number of alkyl halides is 3. The van der Waals surface area contributed by atoms with Gasteiger partial charge >= 0.3 is 6.18 Å². The number of rotatable bonds is 2. The maximum atomic E-state index is 13.1. The molecule has 1 aliphatic rings. The Bertz CT molecular complexity index is 1020. The van der Waals surface area contributed by atoms with Gasteiger partial charge in [-0.1, -0.05) is 36.4 Å². The summed E-state index contributed by atoms with van der Waals surface area (Å²) in [6.45, 7) is 0. The average Bonchev–Trinajstić information content (AvgIpc) is 2.69. The van der Waals surface area contributed by atoms with Crippen molar-refractivity contribution in [2.24, 2.45) is 9.98 Å². The van der Waals surface area contributed by atoms with Crippen molar-refractivity contribution >= 4 is 23.2 Å².